The van der Waals surface area contributed by atoms with Crippen molar-refractivity contribution in [3.05, 3.63) is 64.8 Å². The van der Waals surface area contributed by atoms with Gasteiger partial charge in [-0.15, -0.1) is 0 Å². The smallest absolute Gasteiger partial charge is 0.135 e. The van der Waals surface area contributed by atoms with Gasteiger partial charge in [-0.1, -0.05) is 41.4 Å². The van der Waals surface area contributed by atoms with E-state index in [-0.39, 0.29) is 0 Å². The van der Waals surface area contributed by atoms with E-state index in [4.69, 9.17) is 28.9 Å². The summed E-state index contributed by atoms with van der Waals surface area (Å²) >= 11 is 11.9. The topological polar surface area (TPSA) is 43.8 Å². The second kappa shape index (κ2) is 5.19. The Kier molecular flexibility index (Phi) is 3.38. The Balaban J connectivity index is 2.07. The SMILES string of the molecule is Nc1c(-c2ccc(Cl)cc2)cnn1-c1cccc(Cl)c1. The number of aromatic nitrogens is 2. The maximum atomic E-state index is 6.18. The molecule has 0 fully saturated rings. The maximum Gasteiger partial charge on any atom is 0.135 e. The van der Waals surface area contributed by atoms with Gasteiger partial charge in [0.05, 0.1) is 11.9 Å². The summed E-state index contributed by atoms with van der Waals surface area (Å²) < 4.78 is 1.66. The molecule has 0 atom stereocenters. The van der Waals surface area contributed by atoms with E-state index in [9.17, 15) is 0 Å². The predicted octanol–water partition coefficient (Wildman–Crippen LogP) is 4.43. The number of anilines is 1. The summed E-state index contributed by atoms with van der Waals surface area (Å²) in [5.41, 5.74) is 8.84. The van der Waals surface area contributed by atoms with Crippen LogP contribution in [0.15, 0.2) is 54.7 Å². The van der Waals surface area contributed by atoms with Crippen LogP contribution >= 0.6 is 23.2 Å². The van der Waals surface area contributed by atoms with Crippen LogP contribution in [0.3, 0.4) is 0 Å². The highest BCUT2D eigenvalue weighted by Crippen LogP contribution is 2.29. The van der Waals surface area contributed by atoms with E-state index in [0.717, 1.165) is 16.8 Å². The Hall–Kier alpha value is -1.97. The molecule has 1 aromatic heterocycles. The molecular formula is C15H11Cl2N3. The number of nitrogens with two attached hydrogens (primary N) is 1. The molecule has 100 valence electrons. The molecule has 0 aliphatic carbocycles. The molecule has 0 saturated carbocycles. The highest BCUT2D eigenvalue weighted by molar-refractivity contribution is 6.31. The lowest BCUT2D eigenvalue weighted by Gasteiger charge is -2.06. The molecule has 0 bridgehead atoms. The van der Waals surface area contributed by atoms with E-state index in [1.54, 1.807) is 10.9 Å². The normalized spacial score (nSPS) is 10.7. The number of hydrogen-bond acceptors (Lipinski definition) is 2. The number of halogens is 2. The molecule has 0 spiro atoms. The first-order chi connectivity index (χ1) is 9.65. The third kappa shape index (κ3) is 2.38. The van der Waals surface area contributed by atoms with Crippen LogP contribution in [0.1, 0.15) is 0 Å². The van der Waals surface area contributed by atoms with Crippen molar-refractivity contribution in [2.45, 2.75) is 0 Å². The van der Waals surface area contributed by atoms with Crippen LogP contribution in [0.25, 0.3) is 16.8 Å². The first-order valence-corrected chi connectivity index (χ1v) is 6.76. The van der Waals surface area contributed by atoms with Crippen molar-refractivity contribution >= 4 is 29.0 Å². The van der Waals surface area contributed by atoms with E-state index in [1.165, 1.54) is 0 Å². The van der Waals surface area contributed by atoms with Crippen molar-refractivity contribution in [2.75, 3.05) is 5.73 Å². The van der Waals surface area contributed by atoms with E-state index < -0.39 is 0 Å². The molecule has 0 radical (unpaired) electrons. The van der Waals surface area contributed by atoms with Crippen LogP contribution in [0.5, 0.6) is 0 Å². The van der Waals surface area contributed by atoms with Gasteiger partial charge in [-0.2, -0.15) is 5.10 Å². The maximum absolute atomic E-state index is 6.18. The third-order valence-corrected chi connectivity index (χ3v) is 3.50. The van der Waals surface area contributed by atoms with Crippen molar-refractivity contribution in [1.82, 2.24) is 9.78 Å². The number of rotatable bonds is 2. The summed E-state index contributed by atoms with van der Waals surface area (Å²) in [6.45, 7) is 0. The van der Waals surface area contributed by atoms with Crippen molar-refractivity contribution in [1.29, 1.82) is 0 Å². The van der Waals surface area contributed by atoms with E-state index in [1.807, 2.05) is 48.5 Å². The lowest BCUT2D eigenvalue weighted by Crippen LogP contribution is -2.02. The molecule has 2 N–H and O–H groups in total. The zero-order valence-electron chi connectivity index (χ0n) is 10.4. The summed E-state index contributed by atoms with van der Waals surface area (Å²) in [7, 11) is 0. The standard InChI is InChI=1S/C15H11Cl2N3/c16-11-6-4-10(5-7-11)14-9-19-20(15(14)18)13-3-1-2-12(17)8-13/h1-9H,18H2. The monoisotopic (exact) mass is 303 g/mol. The molecule has 0 aliphatic rings. The van der Waals surface area contributed by atoms with Crippen LogP contribution in [0.4, 0.5) is 5.82 Å². The summed E-state index contributed by atoms with van der Waals surface area (Å²) in [6, 6.07) is 14.9. The molecule has 5 heteroatoms. The van der Waals surface area contributed by atoms with Crippen molar-refractivity contribution in [3.8, 4) is 16.8 Å². The van der Waals surface area contributed by atoms with Crippen LogP contribution in [-0.2, 0) is 0 Å². The molecular weight excluding hydrogens is 293 g/mol. The highest BCUT2D eigenvalue weighted by atomic mass is 35.5. The number of nitrogen functional groups attached to an aromatic ring is 1. The molecule has 0 unspecified atom stereocenters. The van der Waals surface area contributed by atoms with Crippen LogP contribution in [-0.4, -0.2) is 9.78 Å². The Morgan fingerprint density at radius 2 is 1.70 bits per heavy atom. The van der Waals surface area contributed by atoms with Gasteiger partial charge in [0.2, 0.25) is 0 Å². The van der Waals surface area contributed by atoms with E-state index >= 15 is 0 Å². The Labute approximate surface area is 126 Å². The summed E-state index contributed by atoms with van der Waals surface area (Å²) in [5.74, 6) is 0.564. The minimum Gasteiger partial charge on any atom is -0.383 e. The molecule has 3 rings (SSSR count). The van der Waals surface area contributed by atoms with E-state index in [2.05, 4.69) is 5.10 Å². The number of hydrogen-bond donors (Lipinski definition) is 1. The van der Waals surface area contributed by atoms with Crippen LogP contribution in [0, 0.1) is 0 Å². The Morgan fingerprint density at radius 3 is 2.40 bits per heavy atom. The average molecular weight is 304 g/mol. The van der Waals surface area contributed by atoms with Gasteiger partial charge in [0.15, 0.2) is 0 Å². The molecule has 0 amide bonds. The summed E-state index contributed by atoms with van der Waals surface area (Å²) in [5, 5.41) is 5.66. The third-order valence-electron chi connectivity index (χ3n) is 3.01. The van der Waals surface area contributed by atoms with Crippen molar-refractivity contribution < 1.29 is 0 Å². The van der Waals surface area contributed by atoms with Gasteiger partial charge in [-0.05, 0) is 35.9 Å². The van der Waals surface area contributed by atoms with Gasteiger partial charge in [0, 0.05) is 15.6 Å². The van der Waals surface area contributed by atoms with Gasteiger partial charge in [-0.3, -0.25) is 0 Å². The first kappa shape index (κ1) is 13.0. The molecule has 1 heterocycles. The van der Waals surface area contributed by atoms with Gasteiger partial charge in [0.1, 0.15) is 5.82 Å². The second-order valence-electron chi connectivity index (χ2n) is 4.34. The molecule has 0 saturated heterocycles. The molecule has 20 heavy (non-hydrogen) atoms. The lowest BCUT2D eigenvalue weighted by atomic mass is 10.1. The fourth-order valence-corrected chi connectivity index (χ4v) is 2.33. The lowest BCUT2D eigenvalue weighted by molar-refractivity contribution is 0.891. The molecule has 0 aliphatic heterocycles. The molecule has 3 nitrogen and oxygen atoms in total. The summed E-state index contributed by atoms with van der Waals surface area (Å²) in [6.07, 6.45) is 1.74. The van der Waals surface area contributed by atoms with Crippen LogP contribution < -0.4 is 5.73 Å². The minimum atomic E-state index is 0.564. The zero-order valence-corrected chi connectivity index (χ0v) is 11.9. The van der Waals surface area contributed by atoms with Gasteiger partial charge in [-0.25, -0.2) is 4.68 Å². The first-order valence-electron chi connectivity index (χ1n) is 6.00. The quantitative estimate of drug-likeness (QED) is 0.761. The molecule has 2 aromatic carbocycles. The second-order valence-corrected chi connectivity index (χ2v) is 5.21. The number of benzene rings is 2. The minimum absolute atomic E-state index is 0.564. The van der Waals surface area contributed by atoms with E-state index in [0.29, 0.717) is 15.9 Å². The fourth-order valence-electron chi connectivity index (χ4n) is 2.02. The van der Waals surface area contributed by atoms with Crippen molar-refractivity contribution in [3.63, 3.8) is 0 Å². The predicted molar refractivity (Wildman–Crippen MR) is 83.4 cm³/mol. The van der Waals surface area contributed by atoms with Gasteiger partial charge >= 0.3 is 0 Å². The van der Waals surface area contributed by atoms with Crippen LogP contribution in [0.2, 0.25) is 10.0 Å². The molecule has 3 aromatic rings. The average Bonchev–Trinajstić information content (AvgIpc) is 2.82. The fraction of sp³-hybridized carbons (Fsp3) is 0. The number of nitrogens with zero attached hydrogens (tertiary/aromatic N) is 2. The van der Waals surface area contributed by atoms with Crippen molar-refractivity contribution in [2.24, 2.45) is 0 Å². The van der Waals surface area contributed by atoms with Gasteiger partial charge < -0.3 is 5.73 Å². The Bertz CT molecular complexity index is 748. The van der Waals surface area contributed by atoms with Gasteiger partial charge in [0.25, 0.3) is 0 Å². The Morgan fingerprint density at radius 1 is 0.950 bits per heavy atom. The highest BCUT2D eigenvalue weighted by Gasteiger charge is 2.11. The zero-order chi connectivity index (χ0) is 14.1. The largest absolute Gasteiger partial charge is 0.383 e. The summed E-state index contributed by atoms with van der Waals surface area (Å²) in [4.78, 5) is 0.